The van der Waals surface area contributed by atoms with E-state index >= 15 is 0 Å². The molecule has 0 aromatic heterocycles. The van der Waals surface area contributed by atoms with Crippen LogP contribution in [0.15, 0.2) is 18.2 Å². The SMILES string of the molecule is CCCN(C(=O)CCOc1cccc(C)c1C)C1CCS(=O)(=O)C1. The average Bonchev–Trinajstić information content (AvgIpc) is 2.88. The third-order valence-electron chi connectivity index (χ3n) is 4.56. The van der Waals surface area contributed by atoms with Gasteiger partial charge in [0, 0.05) is 12.6 Å². The summed E-state index contributed by atoms with van der Waals surface area (Å²) < 4.78 is 29.1. The summed E-state index contributed by atoms with van der Waals surface area (Å²) >= 11 is 0. The van der Waals surface area contributed by atoms with Gasteiger partial charge in [0.25, 0.3) is 0 Å². The third-order valence-corrected chi connectivity index (χ3v) is 6.31. The maximum atomic E-state index is 12.5. The first-order chi connectivity index (χ1) is 11.3. The van der Waals surface area contributed by atoms with Gasteiger partial charge in [-0.1, -0.05) is 19.1 Å². The van der Waals surface area contributed by atoms with Crippen molar-refractivity contribution in [2.75, 3.05) is 24.7 Å². The van der Waals surface area contributed by atoms with Gasteiger partial charge in [-0.05, 0) is 43.9 Å². The first kappa shape index (κ1) is 18.8. The third kappa shape index (κ3) is 4.72. The zero-order chi connectivity index (χ0) is 17.7. The van der Waals surface area contributed by atoms with Crippen LogP contribution in [0.1, 0.15) is 37.3 Å². The lowest BCUT2D eigenvalue weighted by Crippen LogP contribution is -2.42. The molecule has 134 valence electrons. The highest BCUT2D eigenvalue weighted by molar-refractivity contribution is 7.91. The van der Waals surface area contributed by atoms with Crippen molar-refractivity contribution in [3.8, 4) is 5.75 Å². The number of ether oxygens (including phenoxy) is 1. The molecule has 1 amide bonds. The van der Waals surface area contributed by atoms with Gasteiger partial charge in [-0.2, -0.15) is 0 Å². The highest BCUT2D eigenvalue weighted by Crippen LogP contribution is 2.22. The molecule has 0 bridgehead atoms. The van der Waals surface area contributed by atoms with E-state index in [1.165, 1.54) is 0 Å². The van der Waals surface area contributed by atoms with E-state index in [0.29, 0.717) is 19.6 Å². The number of nitrogens with zero attached hydrogens (tertiary/aromatic N) is 1. The van der Waals surface area contributed by atoms with Crippen LogP contribution in [0.3, 0.4) is 0 Å². The van der Waals surface area contributed by atoms with Crippen LogP contribution in [0, 0.1) is 13.8 Å². The quantitative estimate of drug-likeness (QED) is 0.755. The Morgan fingerprint density at radius 3 is 2.71 bits per heavy atom. The predicted molar refractivity (Wildman–Crippen MR) is 95.1 cm³/mol. The van der Waals surface area contributed by atoms with Crippen LogP contribution in [0.4, 0.5) is 0 Å². The van der Waals surface area contributed by atoms with Crippen molar-refractivity contribution in [2.24, 2.45) is 0 Å². The van der Waals surface area contributed by atoms with E-state index in [4.69, 9.17) is 4.74 Å². The summed E-state index contributed by atoms with van der Waals surface area (Å²) in [5.41, 5.74) is 2.24. The zero-order valence-corrected chi connectivity index (χ0v) is 15.6. The van der Waals surface area contributed by atoms with Crippen molar-refractivity contribution in [1.82, 2.24) is 4.90 Å². The van der Waals surface area contributed by atoms with Crippen molar-refractivity contribution >= 4 is 15.7 Å². The minimum Gasteiger partial charge on any atom is -0.493 e. The van der Waals surface area contributed by atoms with Gasteiger partial charge in [0.1, 0.15) is 5.75 Å². The maximum absolute atomic E-state index is 12.5. The van der Waals surface area contributed by atoms with E-state index in [1.54, 1.807) is 4.90 Å². The highest BCUT2D eigenvalue weighted by atomic mass is 32.2. The Hall–Kier alpha value is -1.56. The fraction of sp³-hybridized carbons (Fsp3) is 0.611. The fourth-order valence-electron chi connectivity index (χ4n) is 3.05. The second-order valence-corrected chi connectivity index (χ2v) is 8.67. The van der Waals surface area contributed by atoms with E-state index in [1.807, 2.05) is 39.0 Å². The Labute approximate surface area is 144 Å². The number of amides is 1. The van der Waals surface area contributed by atoms with Gasteiger partial charge in [0.2, 0.25) is 5.91 Å². The standard InChI is InChI=1S/C18H27NO4S/c1-4-10-19(16-9-12-24(21,22)13-16)18(20)8-11-23-17-7-5-6-14(2)15(17)3/h5-7,16H,4,8-13H2,1-3H3. The van der Waals surface area contributed by atoms with Crippen LogP contribution in [-0.2, 0) is 14.6 Å². The summed E-state index contributed by atoms with van der Waals surface area (Å²) in [5, 5.41) is 0. The Balaban J connectivity index is 1.92. The number of carbonyl (C=O) groups excluding carboxylic acids is 1. The first-order valence-electron chi connectivity index (χ1n) is 8.53. The van der Waals surface area contributed by atoms with Gasteiger partial charge >= 0.3 is 0 Å². The number of aryl methyl sites for hydroxylation is 1. The van der Waals surface area contributed by atoms with Crippen molar-refractivity contribution < 1.29 is 17.9 Å². The van der Waals surface area contributed by atoms with Crippen molar-refractivity contribution in [1.29, 1.82) is 0 Å². The second-order valence-electron chi connectivity index (χ2n) is 6.44. The van der Waals surface area contributed by atoms with Crippen molar-refractivity contribution in [2.45, 2.75) is 46.1 Å². The molecule has 0 aliphatic carbocycles. The molecule has 0 radical (unpaired) electrons. The number of hydrogen-bond acceptors (Lipinski definition) is 4. The molecule has 1 heterocycles. The molecule has 1 atom stereocenters. The summed E-state index contributed by atoms with van der Waals surface area (Å²) in [5.74, 6) is 1.05. The van der Waals surface area contributed by atoms with Crippen LogP contribution in [0.2, 0.25) is 0 Å². The molecule has 1 saturated heterocycles. The molecule has 0 N–H and O–H groups in total. The van der Waals surface area contributed by atoms with Gasteiger partial charge in [-0.15, -0.1) is 0 Å². The number of rotatable bonds is 7. The maximum Gasteiger partial charge on any atom is 0.226 e. The Bertz CT molecular complexity index is 684. The van der Waals surface area contributed by atoms with Crippen LogP contribution < -0.4 is 4.74 Å². The number of benzene rings is 1. The Kier molecular flexibility index (Phi) is 6.27. The van der Waals surface area contributed by atoms with Gasteiger partial charge in [-0.25, -0.2) is 8.42 Å². The van der Waals surface area contributed by atoms with Gasteiger partial charge in [0.15, 0.2) is 9.84 Å². The molecule has 1 aliphatic heterocycles. The van der Waals surface area contributed by atoms with Crippen LogP contribution in [0.25, 0.3) is 0 Å². The minimum atomic E-state index is -2.99. The van der Waals surface area contributed by atoms with Crippen LogP contribution >= 0.6 is 0 Å². The van der Waals surface area contributed by atoms with Crippen LogP contribution in [0.5, 0.6) is 5.75 Å². The molecule has 1 fully saturated rings. The summed E-state index contributed by atoms with van der Waals surface area (Å²) in [4.78, 5) is 14.3. The van der Waals surface area contributed by atoms with Gasteiger partial charge in [-0.3, -0.25) is 4.79 Å². The first-order valence-corrected chi connectivity index (χ1v) is 10.3. The molecule has 5 nitrogen and oxygen atoms in total. The van der Waals surface area contributed by atoms with Gasteiger partial charge in [0.05, 0.1) is 24.5 Å². The molecular weight excluding hydrogens is 326 g/mol. The van der Waals surface area contributed by atoms with Crippen molar-refractivity contribution in [3.63, 3.8) is 0 Å². The van der Waals surface area contributed by atoms with E-state index < -0.39 is 9.84 Å². The summed E-state index contributed by atoms with van der Waals surface area (Å²) in [6, 6.07) is 5.69. The smallest absolute Gasteiger partial charge is 0.226 e. The van der Waals surface area contributed by atoms with E-state index in [2.05, 4.69) is 0 Å². The molecule has 0 spiro atoms. The van der Waals surface area contributed by atoms with Crippen LogP contribution in [-0.4, -0.2) is 49.9 Å². The van der Waals surface area contributed by atoms with Gasteiger partial charge < -0.3 is 9.64 Å². The lowest BCUT2D eigenvalue weighted by Gasteiger charge is -2.28. The lowest BCUT2D eigenvalue weighted by molar-refractivity contribution is -0.133. The van der Waals surface area contributed by atoms with Crippen molar-refractivity contribution in [3.05, 3.63) is 29.3 Å². The summed E-state index contributed by atoms with van der Waals surface area (Å²) in [7, 11) is -2.99. The Morgan fingerprint density at radius 2 is 2.08 bits per heavy atom. The molecule has 0 saturated carbocycles. The highest BCUT2D eigenvalue weighted by Gasteiger charge is 2.34. The van der Waals surface area contributed by atoms with E-state index in [0.717, 1.165) is 23.3 Å². The molecule has 1 aliphatic rings. The summed E-state index contributed by atoms with van der Waals surface area (Å²) in [6.07, 6.45) is 1.63. The molecule has 1 unspecified atom stereocenters. The van der Waals surface area contributed by atoms with E-state index in [-0.39, 0.29) is 29.9 Å². The number of hydrogen-bond donors (Lipinski definition) is 0. The zero-order valence-electron chi connectivity index (χ0n) is 14.7. The molecule has 2 rings (SSSR count). The van der Waals surface area contributed by atoms with E-state index in [9.17, 15) is 13.2 Å². The largest absolute Gasteiger partial charge is 0.493 e. The predicted octanol–water partition coefficient (Wildman–Crippen LogP) is 2.50. The Morgan fingerprint density at radius 1 is 1.33 bits per heavy atom. The minimum absolute atomic E-state index is 0.0238. The second kappa shape index (κ2) is 8.01. The fourth-order valence-corrected chi connectivity index (χ4v) is 4.78. The average molecular weight is 353 g/mol. The molecule has 1 aromatic rings. The lowest BCUT2D eigenvalue weighted by atomic mass is 10.1. The molecule has 24 heavy (non-hydrogen) atoms. The summed E-state index contributed by atoms with van der Waals surface area (Å²) in [6.45, 7) is 6.93. The number of sulfone groups is 1. The monoisotopic (exact) mass is 353 g/mol. The molecule has 1 aromatic carbocycles. The number of carbonyl (C=O) groups is 1. The molecular formula is C18H27NO4S. The topological polar surface area (TPSA) is 63.7 Å². The molecule has 6 heteroatoms. The normalized spacial score (nSPS) is 19.2.